The van der Waals surface area contributed by atoms with Gasteiger partial charge in [0.1, 0.15) is 0 Å². The lowest BCUT2D eigenvalue weighted by atomic mass is 9.67. The van der Waals surface area contributed by atoms with Gasteiger partial charge in [-0.25, -0.2) is 0 Å². The van der Waals surface area contributed by atoms with Gasteiger partial charge in [-0.2, -0.15) is 0 Å². The maximum atomic E-state index is 3.41. The van der Waals surface area contributed by atoms with Crippen LogP contribution in [0, 0.1) is 5.41 Å². The second kappa shape index (κ2) is 9.79. The fraction of sp³-hybridized carbons (Fsp3) is 1.00. The van der Waals surface area contributed by atoms with Crippen LogP contribution in [0.3, 0.4) is 0 Å². The van der Waals surface area contributed by atoms with E-state index < -0.39 is 0 Å². The van der Waals surface area contributed by atoms with Crippen LogP contribution >= 0.6 is 17.8 Å². The summed E-state index contributed by atoms with van der Waals surface area (Å²) >= 11 is 0. The minimum atomic E-state index is 0.588. The Kier molecular flexibility index (Phi) is 9.26. The first kappa shape index (κ1) is 18.9. The maximum Gasteiger partial charge on any atom is 0.00771 e. The molecule has 0 heterocycles. The van der Waals surface area contributed by atoms with Crippen molar-refractivity contribution in [2.75, 3.05) is 6.16 Å². The highest BCUT2D eigenvalue weighted by Gasteiger charge is 2.47. The summed E-state index contributed by atoms with van der Waals surface area (Å²) in [4.78, 5) is 0.588. The molecule has 3 unspecified atom stereocenters. The average molecular weight is 316 g/mol. The summed E-state index contributed by atoms with van der Waals surface area (Å²) in [6, 6.07) is 0. The van der Waals surface area contributed by atoms with Crippen LogP contribution in [0.25, 0.3) is 0 Å². The van der Waals surface area contributed by atoms with Crippen LogP contribution in [0.15, 0.2) is 0 Å². The van der Waals surface area contributed by atoms with E-state index in [1.165, 1.54) is 91.8 Å². The molecule has 1 fully saturated rings. The summed E-state index contributed by atoms with van der Waals surface area (Å²) in [7, 11) is 4.58. The second-order valence-electron chi connectivity index (χ2n) is 6.95. The Hall–Kier alpha value is 0.860. The van der Waals surface area contributed by atoms with Crippen molar-refractivity contribution in [2.45, 2.75) is 103 Å². The Morgan fingerprint density at radius 3 is 1.95 bits per heavy atom. The highest BCUT2D eigenvalue weighted by atomic mass is 31.1. The van der Waals surface area contributed by atoms with Crippen LogP contribution in [0.4, 0.5) is 0 Å². The Morgan fingerprint density at radius 2 is 1.40 bits per heavy atom. The van der Waals surface area contributed by atoms with Gasteiger partial charge in [0, 0.05) is 4.90 Å². The molecule has 0 radical (unpaired) electrons. The molecule has 0 aromatic heterocycles. The molecule has 1 aliphatic carbocycles. The first-order chi connectivity index (χ1) is 9.64. The molecule has 1 saturated carbocycles. The Bertz CT molecular complexity index is 244. The van der Waals surface area contributed by atoms with Crippen molar-refractivity contribution in [2.24, 2.45) is 5.41 Å². The van der Waals surface area contributed by atoms with Gasteiger partial charge in [-0.3, -0.25) is 0 Å². The van der Waals surface area contributed by atoms with E-state index in [2.05, 4.69) is 30.0 Å². The van der Waals surface area contributed by atoms with Gasteiger partial charge in [0.2, 0.25) is 0 Å². The first-order valence-corrected chi connectivity index (χ1v) is 11.0. The fourth-order valence-corrected chi connectivity index (χ4v) is 7.12. The quantitative estimate of drug-likeness (QED) is 0.301. The highest BCUT2D eigenvalue weighted by molar-refractivity contribution is 7.52. The van der Waals surface area contributed by atoms with Crippen molar-refractivity contribution in [1.29, 1.82) is 0 Å². The van der Waals surface area contributed by atoms with Gasteiger partial charge in [-0.1, -0.05) is 65.7 Å². The van der Waals surface area contributed by atoms with Crippen LogP contribution in [0.2, 0.25) is 0 Å². The largest absolute Gasteiger partial charge is 0.126 e. The fourth-order valence-electron chi connectivity index (χ4n) is 3.97. The third-order valence-electron chi connectivity index (χ3n) is 5.41. The van der Waals surface area contributed by atoms with Crippen molar-refractivity contribution < 1.29 is 0 Å². The van der Waals surface area contributed by atoms with Crippen molar-refractivity contribution in [3.05, 3.63) is 0 Å². The van der Waals surface area contributed by atoms with E-state index in [-0.39, 0.29) is 0 Å². The van der Waals surface area contributed by atoms with Gasteiger partial charge in [0.15, 0.2) is 0 Å². The molecule has 3 atom stereocenters. The van der Waals surface area contributed by atoms with E-state index in [1.807, 2.05) is 0 Å². The number of hydrogen-bond acceptors (Lipinski definition) is 0. The van der Waals surface area contributed by atoms with Crippen molar-refractivity contribution in [3.8, 4) is 0 Å². The summed E-state index contributed by atoms with van der Waals surface area (Å²) in [5.74, 6) is 0. The molecule has 0 aromatic carbocycles. The van der Waals surface area contributed by atoms with Crippen molar-refractivity contribution in [3.63, 3.8) is 0 Å². The zero-order valence-electron chi connectivity index (χ0n) is 14.3. The van der Waals surface area contributed by atoms with Gasteiger partial charge in [-0.15, -0.1) is 17.8 Å². The molecule has 0 aliphatic heterocycles. The van der Waals surface area contributed by atoms with E-state index in [9.17, 15) is 0 Å². The summed E-state index contributed by atoms with van der Waals surface area (Å²) in [6.07, 6.45) is 18.8. The molecule has 0 aromatic rings. The molecule has 0 amide bonds. The van der Waals surface area contributed by atoms with E-state index in [0.717, 1.165) is 0 Å². The molecule has 0 bridgehead atoms. The molecule has 0 spiro atoms. The minimum absolute atomic E-state index is 0.588. The van der Waals surface area contributed by atoms with Gasteiger partial charge in [0.25, 0.3) is 0 Å². The third-order valence-corrected chi connectivity index (χ3v) is 8.94. The van der Waals surface area contributed by atoms with Crippen molar-refractivity contribution in [1.82, 2.24) is 0 Å². The zero-order valence-corrected chi connectivity index (χ0v) is 16.4. The molecule has 1 aliphatic rings. The standard InChI is InChI=1S/C18H38P2/c1-4-7-12-17(13-8-5-2)14-10-11-15-18(17,19)20-16-9-6-3/h20H,4-16,19H2,1-3H3. The summed E-state index contributed by atoms with van der Waals surface area (Å²) in [6.45, 7) is 7.06. The molecule has 0 nitrogen and oxygen atoms in total. The van der Waals surface area contributed by atoms with E-state index >= 15 is 0 Å². The van der Waals surface area contributed by atoms with Crippen LogP contribution in [-0.2, 0) is 0 Å². The number of hydrogen-bond donors (Lipinski definition) is 0. The van der Waals surface area contributed by atoms with E-state index in [4.69, 9.17) is 0 Å². The van der Waals surface area contributed by atoms with Crippen LogP contribution in [-0.4, -0.2) is 11.1 Å². The van der Waals surface area contributed by atoms with Crippen LogP contribution < -0.4 is 0 Å². The lowest BCUT2D eigenvalue weighted by Gasteiger charge is -2.53. The number of rotatable bonds is 10. The van der Waals surface area contributed by atoms with Gasteiger partial charge in [0.05, 0.1) is 0 Å². The lowest BCUT2D eigenvalue weighted by Crippen LogP contribution is -2.43. The Morgan fingerprint density at radius 1 is 0.850 bits per heavy atom. The van der Waals surface area contributed by atoms with Gasteiger partial charge >= 0.3 is 0 Å². The normalized spacial score (nSPS) is 26.4. The van der Waals surface area contributed by atoms with Crippen LogP contribution in [0.1, 0.15) is 97.8 Å². The third kappa shape index (κ3) is 4.95. The Labute approximate surface area is 132 Å². The van der Waals surface area contributed by atoms with Crippen molar-refractivity contribution >= 4 is 17.8 Å². The zero-order chi connectivity index (χ0) is 14.9. The molecule has 20 heavy (non-hydrogen) atoms. The van der Waals surface area contributed by atoms with Gasteiger partial charge in [-0.05, 0) is 43.7 Å². The highest BCUT2D eigenvalue weighted by Crippen LogP contribution is 2.63. The molecule has 0 saturated heterocycles. The summed E-state index contributed by atoms with van der Waals surface area (Å²) in [5.41, 5.74) is 0.661. The lowest BCUT2D eigenvalue weighted by molar-refractivity contribution is 0.139. The summed E-state index contributed by atoms with van der Waals surface area (Å²) < 4.78 is 0. The molecular weight excluding hydrogens is 278 g/mol. The average Bonchev–Trinajstić information content (AvgIpc) is 2.46. The van der Waals surface area contributed by atoms with E-state index in [1.54, 1.807) is 0 Å². The smallest absolute Gasteiger partial charge is 0.00771 e. The van der Waals surface area contributed by atoms with E-state index in [0.29, 0.717) is 10.3 Å². The molecule has 0 N–H and O–H groups in total. The van der Waals surface area contributed by atoms with Gasteiger partial charge < -0.3 is 0 Å². The molecule has 120 valence electrons. The topological polar surface area (TPSA) is 0 Å². The summed E-state index contributed by atoms with van der Waals surface area (Å²) in [5, 5.41) is 0. The molecule has 2 heteroatoms. The Balaban J connectivity index is 2.80. The SMILES string of the molecule is CCCCPC1(P)CCCCC1(CCCC)CCCC. The minimum Gasteiger partial charge on any atom is -0.126 e. The maximum absolute atomic E-state index is 3.41. The second-order valence-corrected chi connectivity index (χ2v) is 10.3. The van der Waals surface area contributed by atoms with Crippen LogP contribution in [0.5, 0.6) is 0 Å². The molecule has 1 rings (SSSR count). The predicted molar refractivity (Wildman–Crippen MR) is 100 cm³/mol. The number of unbranched alkanes of at least 4 members (excludes halogenated alkanes) is 3. The first-order valence-electron chi connectivity index (χ1n) is 9.18. The molecular formula is C18H38P2. The monoisotopic (exact) mass is 316 g/mol. The predicted octanol–water partition coefficient (Wildman–Crippen LogP) is 6.98.